The highest BCUT2D eigenvalue weighted by molar-refractivity contribution is 4.78. The second-order valence-electron chi connectivity index (χ2n) is 6.13. The van der Waals surface area contributed by atoms with E-state index in [0.717, 1.165) is 6.42 Å². The molecular formula is C14H31NO3. The molecule has 0 aromatic carbocycles. The Labute approximate surface area is 112 Å². The quantitative estimate of drug-likeness (QED) is 0.630. The highest BCUT2D eigenvalue weighted by Crippen LogP contribution is 2.08. The van der Waals surface area contributed by atoms with Crippen LogP contribution in [0.4, 0.5) is 0 Å². The summed E-state index contributed by atoms with van der Waals surface area (Å²) < 4.78 is 10.7. The molecule has 0 heterocycles. The lowest BCUT2D eigenvalue weighted by atomic mass is 10.1. The number of ether oxygens (including phenoxy) is 2. The standard InChI is InChI=1S/C14H31NO3/c1-11(2)7-12(3)18-9-13(16)8-15-14(4,5)10-17-6/h11-13,15-16H,7-10H2,1-6H3. The Morgan fingerprint density at radius 2 is 1.83 bits per heavy atom. The Hall–Kier alpha value is -0.160. The fraction of sp³-hybridized carbons (Fsp3) is 1.00. The van der Waals surface area contributed by atoms with Gasteiger partial charge in [-0.1, -0.05) is 13.8 Å². The summed E-state index contributed by atoms with van der Waals surface area (Å²) in [5, 5.41) is 13.1. The van der Waals surface area contributed by atoms with Crippen LogP contribution in [0, 0.1) is 5.92 Å². The molecule has 0 bridgehead atoms. The summed E-state index contributed by atoms with van der Waals surface area (Å²) in [5.41, 5.74) is -0.126. The smallest absolute Gasteiger partial charge is 0.0898 e. The van der Waals surface area contributed by atoms with Gasteiger partial charge in [0.25, 0.3) is 0 Å². The molecule has 4 heteroatoms. The van der Waals surface area contributed by atoms with E-state index in [2.05, 4.69) is 26.1 Å². The van der Waals surface area contributed by atoms with Gasteiger partial charge in [0.15, 0.2) is 0 Å². The second kappa shape index (κ2) is 8.86. The number of β-amino-alcohol motifs (C(OH)–C–C–N with tert-alkyl or cyclic N) is 1. The van der Waals surface area contributed by atoms with Crippen molar-refractivity contribution in [2.24, 2.45) is 5.92 Å². The summed E-state index contributed by atoms with van der Waals surface area (Å²) in [6.45, 7) is 12.0. The Kier molecular flexibility index (Phi) is 8.78. The van der Waals surface area contributed by atoms with Crippen LogP contribution in [0.2, 0.25) is 0 Å². The molecule has 110 valence electrons. The maximum Gasteiger partial charge on any atom is 0.0898 e. The van der Waals surface area contributed by atoms with E-state index >= 15 is 0 Å². The maximum absolute atomic E-state index is 9.84. The zero-order valence-corrected chi connectivity index (χ0v) is 12.8. The first-order chi connectivity index (χ1) is 8.26. The lowest BCUT2D eigenvalue weighted by Crippen LogP contribution is -2.47. The van der Waals surface area contributed by atoms with Crippen LogP contribution in [0.25, 0.3) is 0 Å². The van der Waals surface area contributed by atoms with Crippen LogP contribution >= 0.6 is 0 Å². The van der Waals surface area contributed by atoms with E-state index in [1.165, 1.54) is 0 Å². The second-order valence-corrected chi connectivity index (χ2v) is 6.13. The maximum atomic E-state index is 9.84. The number of aliphatic hydroxyl groups is 1. The Bertz CT molecular complexity index is 207. The molecule has 0 amide bonds. The van der Waals surface area contributed by atoms with Gasteiger partial charge in [-0.2, -0.15) is 0 Å². The zero-order valence-electron chi connectivity index (χ0n) is 12.8. The summed E-state index contributed by atoms with van der Waals surface area (Å²) in [6.07, 6.45) is 0.748. The summed E-state index contributed by atoms with van der Waals surface area (Å²) in [6, 6.07) is 0. The minimum Gasteiger partial charge on any atom is -0.389 e. The third-order valence-electron chi connectivity index (χ3n) is 2.70. The van der Waals surface area contributed by atoms with Crippen LogP contribution < -0.4 is 5.32 Å². The van der Waals surface area contributed by atoms with E-state index < -0.39 is 6.10 Å². The van der Waals surface area contributed by atoms with Crippen molar-refractivity contribution in [2.45, 2.75) is 58.8 Å². The molecule has 2 atom stereocenters. The minimum atomic E-state index is -0.476. The predicted molar refractivity (Wildman–Crippen MR) is 74.8 cm³/mol. The van der Waals surface area contributed by atoms with Crippen LogP contribution in [-0.4, -0.2) is 49.7 Å². The third-order valence-corrected chi connectivity index (χ3v) is 2.70. The average molecular weight is 261 g/mol. The average Bonchev–Trinajstić information content (AvgIpc) is 2.22. The molecule has 0 fully saturated rings. The number of methoxy groups -OCH3 is 1. The topological polar surface area (TPSA) is 50.7 Å². The lowest BCUT2D eigenvalue weighted by Gasteiger charge is -2.27. The summed E-state index contributed by atoms with van der Waals surface area (Å²) in [5.74, 6) is 0.621. The zero-order chi connectivity index (χ0) is 14.2. The molecule has 0 saturated carbocycles. The van der Waals surface area contributed by atoms with Gasteiger partial charge in [0, 0.05) is 19.2 Å². The van der Waals surface area contributed by atoms with Gasteiger partial charge in [0.05, 0.1) is 25.4 Å². The summed E-state index contributed by atoms with van der Waals surface area (Å²) in [4.78, 5) is 0. The van der Waals surface area contributed by atoms with Crippen molar-refractivity contribution >= 4 is 0 Å². The van der Waals surface area contributed by atoms with Crippen molar-refractivity contribution in [2.75, 3.05) is 26.9 Å². The monoisotopic (exact) mass is 261 g/mol. The van der Waals surface area contributed by atoms with E-state index in [9.17, 15) is 5.11 Å². The highest BCUT2D eigenvalue weighted by atomic mass is 16.5. The molecule has 0 aromatic rings. The van der Waals surface area contributed by atoms with Crippen molar-refractivity contribution in [3.05, 3.63) is 0 Å². The van der Waals surface area contributed by atoms with Crippen LogP contribution in [0.3, 0.4) is 0 Å². The third kappa shape index (κ3) is 9.83. The van der Waals surface area contributed by atoms with Gasteiger partial charge < -0.3 is 19.9 Å². The molecule has 0 aromatic heterocycles. The Balaban J connectivity index is 3.74. The van der Waals surface area contributed by atoms with Gasteiger partial charge in [-0.3, -0.25) is 0 Å². The first-order valence-corrected chi connectivity index (χ1v) is 6.80. The van der Waals surface area contributed by atoms with E-state index in [1.807, 2.05) is 13.8 Å². The molecule has 18 heavy (non-hydrogen) atoms. The summed E-state index contributed by atoms with van der Waals surface area (Å²) in [7, 11) is 1.68. The van der Waals surface area contributed by atoms with Crippen LogP contribution in [0.1, 0.15) is 41.0 Å². The largest absolute Gasteiger partial charge is 0.389 e. The van der Waals surface area contributed by atoms with Crippen molar-refractivity contribution in [3.63, 3.8) is 0 Å². The normalized spacial score (nSPS) is 16.0. The fourth-order valence-electron chi connectivity index (χ4n) is 1.87. The number of rotatable bonds is 10. The predicted octanol–water partition coefficient (Wildman–Crippen LogP) is 1.81. The molecule has 0 aliphatic carbocycles. The van der Waals surface area contributed by atoms with Crippen molar-refractivity contribution in [1.29, 1.82) is 0 Å². The first kappa shape index (κ1) is 17.8. The van der Waals surface area contributed by atoms with Crippen molar-refractivity contribution < 1.29 is 14.6 Å². The molecule has 4 nitrogen and oxygen atoms in total. The van der Waals surface area contributed by atoms with Crippen LogP contribution in [0.5, 0.6) is 0 Å². The highest BCUT2D eigenvalue weighted by Gasteiger charge is 2.18. The van der Waals surface area contributed by atoms with Gasteiger partial charge >= 0.3 is 0 Å². The Morgan fingerprint density at radius 3 is 2.33 bits per heavy atom. The van der Waals surface area contributed by atoms with Gasteiger partial charge in [0.2, 0.25) is 0 Å². The van der Waals surface area contributed by atoms with Crippen LogP contribution in [0.15, 0.2) is 0 Å². The molecule has 0 saturated heterocycles. The lowest BCUT2D eigenvalue weighted by molar-refractivity contribution is -0.0120. The molecule has 0 rings (SSSR count). The van der Waals surface area contributed by atoms with E-state index in [4.69, 9.17) is 9.47 Å². The molecule has 0 spiro atoms. The van der Waals surface area contributed by atoms with Gasteiger partial charge in [0.1, 0.15) is 0 Å². The minimum absolute atomic E-state index is 0.126. The number of hydrogen-bond donors (Lipinski definition) is 2. The fourth-order valence-corrected chi connectivity index (χ4v) is 1.87. The molecule has 0 aliphatic heterocycles. The van der Waals surface area contributed by atoms with Crippen molar-refractivity contribution in [1.82, 2.24) is 5.32 Å². The van der Waals surface area contributed by atoms with Crippen molar-refractivity contribution in [3.8, 4) is 0 Å². The summed E-state index contributed by atoms with van der Waals surface area (Å²) >= 11 is 0. The number of nitrogens with one attached hydrogen (secondary N) is 1. The molecular weight excluding hydrogens is 230 g/mol. The van der Waals surface area contributed by atoms with Gasteiger partial charge in [-0.15, -0.1) is 0 Å². The van der Waals surface area contributed by atoms with Gasteiger partial charge in [-0.25, -0.2) is 0 Å². The molecule has 2 N–H and O–H groups in total. The number of aliphatic hydroxyl groups excluding tert-OH is 1. The Morgan fingerprint density at radius 1 is 1.22 bits per heavy atom. The number of hydrogen-bond acceptors (Lipinski definition) is 4. The van der Waals surface area contributed by atoms with E-state index in [0.29, 0.717) is 25.7 Å². The van der Waals surface area contributed by atoms with Crippen LogP contribution in [-0.2, 0) is 9.47 Å². The van der Waals surface area contributed by atoms with E-state index in [-0.39, 0.29) is 11.6 Å². The van der Waals surface area contributed by atoms with Gasteiger partial charge in [-0.05, 0) is 33.1 Å². The first-order valence-electron chi connectivity index (χ1n) is 6.80. The molecule has 0 radical (unpaired) electrons. The molecule has 0 aliphatic rings. The molecule has 2 unspecified atom stereocenters. The SMILES string of the molecule is COCC(C)(C)NCC(O)COC(C)CC(C)C. The van der Waals surface area contributed by atoms with E-state index in [1.54, 1.807) is 7.11 Å².